The van der Waals surface area contributed by atoms with Gasteiger partial charge in [0.2, 0.25) is 0 Å². The van der Waals surface area contributed by atoms with Crippen LogP contribution in [0.15, 0.2) is 41.8 Å². The number of thiophene rings is 1. The van der Waals surface area contributed by atoms with Crippen molar-refractivity contribution >= 4 is 17.2 Å². The molecule has 1 aromatic carbocycles. The predicted molar refractivity (Wildman–Crippen MR) is 80.9 cm³/mol. The lowest BCUT2D eigenvalue weighted by Gasteiger charge is -2.40. The molecule has 0 bridgehead atoms. The minimum absolute atomic E-state index is 0.0186. The maximum absolute atomic E-state index is 12.5. The van der Waals surface area contributed by atoms with Crippen LogP contribution in [0.4, 0.5) is 0 Å². The molecule has 2 aromatic rings. The van der Waals surface area contributed by atoms with Crippen molar-refractivity contribution in [3.63, 3.8) is 0 Å². The second kappa shape index (κ2) is 5.38. The van der Waals surface area contributed by atoms with E-state index in [9.17, 15) is 9.90 Å². The molecule has 0 spiro atoms. The van der Waals surface area contributed by atoms with E-state index in [4.69, 9.17) is 0 Å². The molecule has 0 aliphatic heterocycles. The quantitative estimate of drug-likeness (QED) is 0.908. The molecule has 20 heavy (non-hydrogen) atoms. The van der Waals surface area contributed by atoms with Crippen molar-refractivity contribution in [2.75, 3.05) is 6.61 Å². The fourth-order valence-corrected chi connectivity index (χ4v) is 3.37. The summed E-state index contributed by atoms with van der Waals surface area (Å²) in [7, 11) is 0. The van der Waals surface area contributed by atoms with Crippen LogP contribution in [0.5, 0.6) is 0 Å². The SMILES string of the molecule is O=C(NC1(CO)CCC1)c1sccc1-c1ccccc1. The number of hydrogen-bond acceptors (Lipinski definition) is 3. The summed E-state index contributed by atoms with van der Waals surface area (Å²) in [5.74, 6) is -0.0763. The number of benzene rings is 1. The molecule has 4 heteroatoms. The molecule has 3 nitrogen and oxygen atoms in total. The van der Waals surface area contributed by atoms with Gasteiger partial charge in [-0.3, -0.25) is 4.79 Å². The molecule has 0 unspecified atom stereocenters. The molecule has 0 saturated heterocycles. The summed E-state index contributed by atoms with van der Waals surface area (Å²) >= 11 is 1.44. The Hall–Kier alpha value is -1.65. The highest BCUT2D eigenvalue weighted by molar-refractivity contribution is 7.12. The Morgan fingerprint density at radius 1 is 1.25 bits per heavy atom. The first-order chi connectivity index (χ1) is 9.74. The normalized spacial score (nSPS) is 16.4. The van der Waals surface area contributed by atoms with Crippen LogP contribution < -0.4 is 5.32 Å². The fraction of sp³-hybridized carbons (Fsp3) is 0.312. The van der Waals surface area contributed by atoms with Gasteiger partial charge in [-0.05, 0) is 36.3 Å². The van der Waals surface area contributed by atoms with Crippen molar-refractivity contribution in [2.24, 2.45) is 0 Å². The van der Waals surface area contributed by atoms with Crippen molar-refractivity contribution in [3.05, 3.63) is 46.7 Å². The van der Waals surface area contributed by atoms with Crippen molar-refractivity contribution in [3.8, 4) is 11.1 Å². The zero-order valence-electron chi connectivity index (χ0n) is 11.1. The van der Waals surface area contributed by atoms with Crippen LogP contribution >= 0.6 is 11.3 Å². The average molecular weight is 287 g/mol. The molecule has 1 aliphatic rings. The Morgan fingerprint density at radius 3 is 2.60 bits per heavy atom. The van der Waals surface area contributed by atoms with Gasteiger partial charge in [0.25, 0.3) is 5.91 Å². The van der Waals surface area contributed by atoms with Gasteiger partial charge in [0, 0.05) is 5.56 Å². The van der Waals surface area contributed by atoms with Gasteiger partial charge < -0.3 is 10.4 Å². The van der Waals surface area contributed by atoms with E-state index in [0.29, 0.717) is 0 Å². The van der Waals surface area contributed by atoms with E-state index >= 15 is 0 Å². The second-order valence-electron chi connectivity index (χ2n) is 5.28. The summed E-state index contributed by atoms with van der Waals surface area (Å²) in [6, 6.07) is 11.9. The Morgan fingerprint density at radius 2 is 2.00 bits per heavy atom. The minimum Gasteiger partial charge on any atom is -0.394 e. The first-order valence-corrected chi connectivity index (χ1v) is 7.68. The van der Waals surface area contributed by atoms with E-state index in [1.165, 1.54) is 11.3 Å². The zero-order valence-corrected chi connectivity index (χ0v) is 12.0. The summed E-state index contributed by atoms with van der Waals surface area (Å²) < 4.78 is 0. The van der Waals surface area contributed by atoms with Crippen LogP contribution in [-0.4, -0.2) is 23.2 Å². The summed E-state index contributed by atoms with van der Waals surface area (Å²) in [4.78, 5) is 13.2. The van der Waals surface area contributed by atoms with E-state index in [1.807, 2.05) is 41.8 Å². The van der Waals surface area contributed by atoms with Gasteiger partial charge in [-0.25, -0.2) is 0 Å². The van der Waals surface area contributed by atoms with E-state index in [0.717, 1.165) is 35.3 Å². The standard InChI is InChI=1S/C16H17NO2S/c18-11-16(8-4-9-16)17-15(19)14-13(7-10-20-14)12-5-2-1-3-6-12/h1-3,5-7,10,18H,4,8-9,11H2,(H,17,19). The molecule has 1 heterocycles. The Balaban J connectivity index is 1.85. The van der Waals surface area contributed by atoms with Gasteiger partial charge in [0.05, 0.1) is 17.0 Å². The van der Waals surface area contributed by atoms with Crippen molar-refractivity contribution in [2.45, 2.75) is 24.8 Å². The minimum atomic E-state index is -0.394. The molecular formula is C16H17NO2S. The molecule has 1 amide bonds. The number of aliphatic hydroxyl groups is 1. The summed E-state index contributed by atoms with van der Waals surface area (Å²) in [5.41, 5.74) is 1.61. The maximum Gasteiger partial charge on any atom is 0.262 e. The van der Waals surface area contributed by atoms with E-state index in [1.54, 1.807) is 0 Å². The summed E-state index contributed by atoms with van der Waals surface area (Å²) in [6.45, 7) is 0.0186. The highest BCUT2D eigenvalue weighted by atomic mass is 32.1. The number of carbonyl (C=O) groups is 1. The van der Waals surface area contributed by atoms with Crippen LogP contribution in [0.25, 0.3) is 11.1 Å². The molecule has 1 aromatic heterocycles. The Bertz CT molecular complexity index is 596. The predicted octanol–water partition coefficient (Wildman–Crippen LogP) is 3.06. The smallest absolute Gasteiger partial charge is 0.262 e. The van der Waals surface area contributed by atoms with Gasteiger partial charge in [0.15, 0.2) is 0 Å². The van der Waals surface area contributed by atoms with Crippen LogP contribution in [-0.2, 0) is 0 Å². The molecule has 0 radical (unpaired) electrons. The number of nitrogens with one attached hydrogen (secondary N) is 1. The van der Waals surface area contributed by atoms with Crippen LogP contribution in [0.2, 0.25) is 0 Å². The number of carbonyl (C=O) groups excluding carboxylic acids is 1. The highest BCUT2D eigenvalue weighted by Crippen LogP contribution is 2.33. The van der Waals surface area contributed by atoms with Gasteiger partial charge in [-0.15, -0.1) is 11.3 Å². The third-order valence-corrected chi connectivity index (χ3v) is 4.86. The summed E-state index contributed by atoms with van der Waals surface area (Å²) in [5, 5.41) is 14.4. The Labute approximate surface area is 122 Å². The molecule has 104 valence electrons. The molecular weight excluding hydrogens is 270 g/mol. The van der Waals surface area contributed by atoms with Crippen molar-refractivity contribution < 1.29 is 9.90 Å². The van der Waals surface area contributed by atoms with Gasteiger partial charge >= 0.3 is 0 Å². The van der Waals surface area contributed by atoms with Gasteiger partial charge in [-0.2, -0.15) is 0 Å². The first kappa shape index (κ1) is 13.3. The average Bonchev–Trinajstić information content (AvgIpc) is 2.93. The largest absolute Gasteiger partial charge is 0.394 e. The third-order valence-electron chi connectivity index (χ3n) is 3.95. The van der Waals surface area contributed by atoms with E-state index in [2.05, 4.69) is 5.32 Å². The van der Waals surface area contributed by atoms with E-state index in [-0.39, 0.29) is 12.5 Å². The Kier molecular flexibility index (Phi) is 3.59. The van der Waals surface area contributed by atoms with Crippen LogP contribution in [0.3, 0.4) is 0 Å². The number of rotatable bonds is 4. The number of aliphatic hydroxyl groups excluding tert-OH is 1. The second-order valence-corrected chi connectivity index (χ2v) is 6.19. The highest BCUT2D eigenvalue weighted by Gasteiger charge is 2.38. The zero-order chi connectivity index (χ0) is 14.0. The third kappa shape index (κ3) is 2.37. The number of amides is 1. The van der Waals surface area contributed by atoms with Crippen LogP contribution in [0.1, 0.15) is 28.9 Å². The molecule has 0 atom stereocenters. The topological polar surface area (TPSA) is 49.3 Å². The molecule has 1 saturated carbocycles. The maximum atomic E-state index is 12.5. The summed E-state index contributed by atoms with van der Waals surface area (Å²) in [6.07, 6.45) is 2.79. The molecule has 1 fully saturated rings. The first-order valence-electron chi connectivity index (χ1n) is 6.80. The van der Waals surface area contributed by atoms with E-state index < -0.39 is 5.54 Å². The molecule has 1 aliphatic carbocycles. The number of hydrogen-bond donors (Lipinski definition) is 2. The lowest BCUT2D eigenvalue weighted by atomic mass is 9.77. The molecule has 3 rings (SSSR count). The van der Waals surface area contributed by atoms with Crippen LogP contribution in [0, 0.1) is 0 Å². The molecule has 2 N–H and O–H groups in total. The fourth-order valence-electron chi connectivity index (χ4n) is 2.55. The monoisotopic (exact) mass is 287 g/mol. The van der Waals surface area contributed by atoms with Gasteiger partial charge in [-0.1, -0.05) is 30.3 Å². The van der Waals surface area contributed by atoms with Crippen molar-refractivity contribution in [1.82, 2.24) is 5.32 Å². The lowest BCUT2D eigenvalue weighted by molar-refractivity contribution is 0.0645. The van der Waals surface area contributed by atoms with Gasteiger partial charge in [0.1, 0.15) is 0 Å². The van der Waals surface area contributed by atoms with Crippen molar-refractivity contribution in [1.29, 1.82) is 0 Å². The lowest BCUT2D eigenvalue weighted by Crippen LogP contribution is -2.56.